The van der Waals surface area contributed by atoms with Gasteiger partial charge in [-0.15, -0.1) is 0 Å². The Morgan fingerprint density at radius 1 is 1.47 bits per heavy atom. The maximum Gasteiger partial charge on any atom is 0.133 e. The molecule has 1 aromatic carbocycles. The highest BCUT2D eigenvalue weighted by Crippen LogP contribution is 2.35. The van der Waals surface area contributed by atoms with Crippen LogP contribution in [0.25, 0.3) is 0 Å². The van der Waals surface area contributed by atoms with Crippen molar-refractivity contribution < 1.29 is 4.74 Å². The minimum absolute atomic E-state index is 0.697. The average Bonchev–Trinajstić information content (AvgIpc) is 3.04. The van der Waals surface area contributed by atoms with Gasteiger partial charge >= 0.3 is 0 Å². The zero-order valence-electron chi connectivity index (χ0n) is 8.87. The van der Waals surface area contributed by atoms with Crippen LogP contribution < -0.4 is 4.74 Å². The first kappa shape index (κ1) is 11.0. The molecule has 0 aromatic heterocycles. The fourth-order valence-electron chi connectivity index (χ4n) is 1.53. The summed E-state index contributed by atoms with van der Waals surface area (Å²) in [5.41, 5.74) is 1.49. The Balaban J connectivity index is 1.87. The Bertz CT molecular complexity index is 367. The van der Waals surface area contributed by atoms with E-state index in [-0.39, 0.29) is 0 Å². The summed E-state index contributed by atoms with van der Waals surface area (Å²) in [4.78, 5) is 0. The van der Waals surface area contributed by atoms with Gasteiger partial charge in [-0.25, -0.2) is 0 Å². The van der Waals surface area contributed by atoms with Gasteiger partial charge in [0.05, 0.1) is 3.57 Å². The molecule has 1 aromatic rings. The predicted molar refractivity (Wildman–Crippen MR) is 71.1 cm³/mol. The van der Waals surface area contributed by atoms with Gasteiger partial charge in [0.15, 0.2) is 0 Å². The zero-order valence-corrected chi connectivity index (χ0v) is 11.0. The Morgan fingerprint density at radius 2 is 2.20 bits per heavy atom. The Labute approximate surface area is 105 Å². The van der Waals surface area contributed by atoms with E-state index in [0.717, 1.165) is 11.7 Å². The molecule has 0 spiro atoms. The second-order valence-electron chi connectivity index (χ2n) is 3.96. The van der Waals surface area contributed by atoms with E-state index >= 15 is 0 Å². The second kappa shape index (κ2) is 5.01. The summed E-state index contributed by atoms with van der Waals surface area (Å²) >= 11 is 2.30. The molecular formula is C13H15IO. The van der Waals surface area contributed by atoms with Crippen molar-refractivity contribution in [3.8, 4) is 5.75 Å². The van der Waals surface area contributed by atoms with Crippen LogP contribution in [0.5, 0.6) is 5.75 Å². The minimum Gasteiger partial charge on any atom is -0.488 e. The number of rotatable bonds is 4. The van der Waals surface area contributed by atoms with Gasteiger partial charge < -0.3 is 4.74 Å². The van der Waals surface area contributed by atoms with Gasteiger partial charge in [-0.05, 0) is 66.5 Å². The summed E-state index contributed by atoms with van der Waals surface area (Å²) < 4.78 is 6.88. The average molecular weight is 314 g/mol. The lowest BCUT2D eigenvalue weighted by molar-refractivity contribution is 0.359. The van der Waals surface area contributed by atoms with E-state index in [0.29, 0.717) is 6.61 Å². The first-order valence-corrected chi connectivity index (χ1v) is 6.39. The summed E-state index contributed by atoms with van der Waals surface area (Å²) in [6.45, 7) is 2.90. The van der Waals surface area contributed by atoms with Gasteiger partial charge in [-0.2, -0.15) is 0 Å². The van der Waals surface area contributed by atoms with Crippen molar-refractivity contribution in [2.45, 2.75) is 19.8 Å². The molecule has 0 N–H and O–H groups in total. The second-order valence-corrected chi connectivity index (χ2v) is 5.13. The fraction of sp³-hybridized carbons (Fsp3) is 0.385. The smallest absolute Gasteiger partial charge is 0.133 e. The van der Waals surface area contributed by atoms with Crippen LogP contribution in [-0.4, -0.2) is 6.61 Å². The lowest BCUT2D eigenvalue weighted by atomic mass is 10.2. The molecule has 1 aliphatic carbocycles. The highest BCUT2D eigenvalue weighted by Gasteiger charge is 2.22. The number of hydrogen-bond donors (Lipinski definition) is 0. The molecular weight excluding hydrogens is 299 g/mol. The van der Waals surface area contributed by atoms with Gasteiger partial charge in [-0.1, -0.05) is 17.7 Å². The van der Waals surface area contributed by atoms with Crippen molar-refractivity contribution in [3.05, 3.63) is 39.5 Å². The fourth-order valence-corrected chi connectivity index (χ4v) is 2.07. The lowest BCUT2D eigenvalue weighted by Crippen LogP contribution is -1.96. The van der Waals surface area contributed by atoms with Gasteiger partial charge in [0.25, 0.3) is 0 Å². The Kier molecular flexibility index (Phi) is 3.67. The van der Waals surface area contributed by atoms with Gasteiger partial charge in [0, 0.05) is 0 Å². The topological polar surface area (TPSA) is 9.23 Å². The summed E-state index contributed by atoms with van der Waals surface area (Å²) in [5, 5.41) is 0. The molecule has 0 unspecified atom stereocenters. The normalized spacial score (nSPS) is 16.5. The first-order chi connectivity index (χ1) is 7.27. The van der Waals surface area contributed by atoms with E-state index in [4.69, 9.17) is 4.74 Å². The van der Waals surface area contributed by atoms with Crippen LogP contribution in [0.2, 0.25) is 0 Å². The predicted octanol–water partition coefficient (Wildman–Crippen LogP) is 4.03. The standard InChI is InChI=1S/C13H15IO/c1-10(11-6-7-11)8-9-15-13-5-3-2-4-12(13)14/h2-5,8,11H,6-7,9H2,1H3/b10-8+. The van der Waals surface area contributed by atoms with E-state index in [1.165, 1.54) is 22.0 Å². The van der Waals surface area contributed by atoms with Crippen molar-refractivity contribution in [3.63, 3.8) is 0 Å². The molecule has 2 rings (SSSR count). The van der Waals surface area contributed by atoms with E-state index in [1.807, 2.05) is 18.2 Å². The molecule has 0 amide bonds. The monoisotopic (exact) mass is 314 g/mol. The zero-order chi connectivity index (χ0) is 10.7. The maximum absolute atomic E-state index is 5.70. The third kappa shape index (κ3) is 3.23. The van der Waals surface area contributed by atoms with Gasteiger partial charge in [0.2, 0.25) is 0 Å². The molecule has 1 saturated carbocycles. The maximum atomic E-state index is 5.70. The highest BCUT2D eigenvalue weighted by atomic mass is 127. The third-order valence-electron chi connectivity index (χ3n) is 2.70. The van der Waals surface area contributed by atoms with Crippen molar-refractivity contribution in [1.29, 1.82) is 0 Å². The quantitative estimate of drug-likeness (QED) is 0.602. The molecule has 0 aliphatic heterocycles. The number of allylic oxidation sites excluding steroid dienone is 1. The largest absolute Gasteiger partial charge is 0.488 e. The van der Waals surface area contributed by atoms with Crippen LogP contribution in [0, 0.1) is 9.49 Å². The minimum atomic E-state index is 0.697. The van der Waals surface area contributed by atoms with Crippen LogP contribution in [0.4, 0.5) is 0 Å². The summed E-state index contributed by atoms with van der Waals surface area (Å²) in [6, 6.07) is 8.12. The van der Waals surface area contributed by atoms with Crippen LogP contribution in [0.1, 0.15) is 19.8 Å². The lowest BCUT2D eigenvalue weighted by Gasteiger charge is -2.05. The molecule has 1 aliphatic rings. The van der Waals surface area contributed by atoms with Crippen LogP contribution in [0.15, 0.2) is 35.9 Å². The van der Waals surface area contributed by atoms with E-state index < -0.39 is 0 Å². The van der Waals surface area contributed by atoms with Gasteiger partial charge in [-0.3, -0.25) is 0 Å². The van der Waals surface area contributed by atoms with Crippen molar-refractivity contribution in [2.75, 3.05) is 6.61 Å². The molecule has 0 radical (unpaired) electrons. The van der Waals surface area contributed by atoms with E-state index in [1.54, 1.807) is 0 Å². The molecule has 1 nitrogen and oxygen atoms in total. The molecule has 2 heteroatoms. The molecule has 0 atom stereocenters. The van der Waals surface area contributed by atoms with Crippen molar-refractivity contribution in [1.82, 2.24) is 0 Å². The Hall–Kier alpha value is -0.510. The molecule has 80 valence electrons. The molecule has 0 bridgehead atoms. The summed E-state index contributed by atoms with van der Waals surface area (Å²) in [6.07, 6.45) is 4.94. The number of ether oxygens (including phenoxy) is 1. The Morgan fingerprint density at radius 3 is 2.87 bits per heavy atom. The molecule has 1 fully saturated rings. The number of para-hydroxylation sites is 1. The van der Waals surface area contributed by atoms with Crippen molar-refractivity contribution >= 4 is 22.6 Å². The van der Waals surface area contributed by atoms with E-state index in [2.05, 4.69) is 41.7 Å². The molecule has 15 heavy (non-hydrogen) atoms. The SMILES string of the molecule is C/C(=C\COc1ccccc1I)C1CC1. The third-order valence-corrected chi connectivity index (χ3v) is 3.59. The summed E-state index contributed by atoms with van der Waals surface area (Å²) in [7, 11) is 0. The van der Waals surface area contributed by atoms with Crippen LogP contribution in [0.3, 0.4) is 0 Å². The van der Waals surface area contributed by atoms with Crippen LogP contribution >= 0.6 is 22.6 Å². The van der Waals surface area contributed by atoms with Gasteiger partial charge in [0.1, 0.15) is 12.4 Å². The number of benzene rings is 1. The summed E-state index contributed by atoms with van der Waals surface area (Å²) in [5.74, 6) is 1.83. The number of halogens is 1. The van der Waals surface area contributed by atoms with Crippen molar-refractivity contribution in [2.24, 2.45) is 5.92 Å². The van der Waals surface area contributed by atoms with E-state index in [9.17, 15) is 0 Å². The van der Waals surface area contributed by atoms with Crippen LogP contribution in [-0.2, 0) is 0 Å². The molecule has 0 heterocycles. The first-order valence-electron chi connectivity index (χ1n) is 5.31. The highest BCUT2D eigenvalue weighted by molar-refractivity contribution is 14.1. The molecule has 0 saturated heterocycles. The number of hydrogen-bond acceptors (Lipinski definition) is 1.